The summed E-state index contributed by atoms with van der Waals surface area (Å²) in [6.45, 7) is 5.01. The van der Waals surface area contributed by atoms with Gasteiger partial charge in [0.05, 0.1) is 30.5 Å². The van der Waals surface area contributed by atoms with Crippen LogP contribution in [0.4, 0.5) is 0 Å². The molecule has 3 fully saturated rings. The fourth-order valence-corrected chi connectivity index (χ4v) is 6.12. The molecule has 8 N–H and O–H groups in total. The van der Waals surface area contributed by atoms with Crippen LogP contribution in [0.3, 0.4) is 0 Å². The predicted molar refractivity (Wildman–Crippen MR) is 112 cm³/mol. The summed E-state index contributed by atoms with van der Waals surface area (Å²) < 4.78 is 5.51. The summed E-state index contributed by atoms with van der Waals surface area (Å²) in [5.41, 5.74) is -5.40. The molecule has 1 saturated heterocycles. The Hall–Kier alpha value is -0.440. The van der Waals surface area contributed by atoms with E-state index in [0.29, 0.717) is 12.8 Å². The van der Waals surface area contributed by atoms with Crippen LogP contribution < -0.4 is 0 Å². The largest absolute Gasteiger partial charge is 0.396 e. The highest BCUT2D eigenvalue weighted by molar-refractivity contribution is 5.12. The Morgan fingerprint density at radius 1 is 0.939 bits per heavy atom. The third-order valence-corrected chi connectivity index (χ3v) is 8.26. The molecule has 0 aromatic carbocycles. The van der Waals surface area contributed by atoms with Crippen molar-refractivity contribution in [2.45, 2.75) is 107 Å². The molecule has 11 atom stereocenters. The second kappa shape index (κ2) is 9.21. The van der Waals surface area contributed by atoms with Crippen LogP contribution in [-0.4, -0.2) is 108 Å². The number of fused-ring (bicyclic) bond motifs is 1. The Labute approximate surface area is 193 Å². The summed E-state index contributed by atoms with van der Waals surface area (Å²) in [6, 6.07) is 0. The van der Waals surface area contributed by atoms with Gasteiger partial charge in [0.1, 0.15) is 30.0 Å². The highest BCUT2D eigenvalue weighted by atomic mass is 17.2. The van der Waals surface area contributed by atoms with Crippen LogP contribution >= 0.6 is 0 Å². The molecular formula is C22H40O11. The predicted octanol–water partition coefficient (Wildman–Crippen LogP) is -1.83. The van der Waals surface area contributed by atoms with Crippen LogP contribution in [-0.2, 0) is 14.5 Å². The van der Waals surface area contributed by atoms with Gasteiger partial charge in [-0.2, -0.15) is 0 Å². The number of hydrogen-bond acceptors (Lipinski definition) is 11. The lowest BCUT2D eigenvalue weighted by molar-refractivity contribution is -0.471. The molecule has 1 heterocycles. The maximum Gasteiger partial charge on any atom is 0.220 e. The topological polar surface area (TPSA) is 190 Å². The Morgan fingerprint density at radius 3 is 2.12 bits per heavy atom. The van der Waals surface area contributed by atoms with E-state index in [1.807, 2.05) is 0 Å². The van der Waals surface area contributed by atoms with Gasteiger partial charge in [-0.25, -0.2) is 9.78 Å². The molecule has 0 aromatic heterocycles. The summed E-state index contributed by atoms with van der Waals surface area (Å²) in [6.07, 6.45) is -7.34. The van der Waals surface area contributed by atoms with Gasteiger partial charge in [0.2, 0.25) is 6.29 Å². The number of aliphatic hydroxyl groups is 8. The van der Waals surface area contributed by atoms with Gasteiger partial charge in [-0.15, -0.1) is 0 Å². The van der Waals surface area contributed by atoms with E-state index in [0.717, 1.165) is 0 Å². The standard InChI is InChI=1S/C22H40O11/c1-19(2,29)11-5-8-22(10-24)12(25)6-7-20(3,30)16(22)15(11)32-33-18-14(27)13(26)17(28)21(4,9-23)31-18/h11-18,23-30H,5-10H2,1-4H3. The summed E-state index contributed by atoms with van der Waals surface area (Å²) in [4.78, 5) is 11.1. The molecule has 11 nitrogen and oxygen atoms in total. The first-order chi connectivity index (χ1) is 15.1. The van der Waals surface area contributed by atoms with Gasteiger partial charge in [0.25, 0.3) is 0 Å². The van der Waals surface area contributed by atoms with Crippen molar-refractivity contribution < 1.29 is 55.4 Å². The number of hydrogen-bond donors (Lipinski definition) is 8. The second-order valence-corrected chi connectivity index (χ2v) is 11.1. The molecule has 0 spiro atoms. The molecule has 3 aliphatic rings. The molecule has 2 aliphatic carbocycles. The van der Waals surface area contributed by atoms with Crippen LogP contribution in [0.25, 0.3) is 0 Å². The number of ether oxygens (including phenoxy) is 1. The quantitative estimate of drug-likeness (QED) is 0.158. The normalized spacial score (nSPS) is 51.3. The zero-order chi connectivity index (χ0) is 25.0. The fourth-order valence-electron chi connectivity index (χ4n) is 6.12. The van der Waals surface area contributed by atoms with E-state index in [-0.39, 0.29) is 12.8 Å². The van der Waals surface area contributed by atoms with E-state index in [4.69, 9.17) is 14.5 Å². The third kappa shape index (κ3) is 4.58. The molecule has 11 heteroatoms. The smallest absolute Gasteiger partial charge is 0.220 e. The third-order valence-electron chi connectivity index (χ3n) is 8.26. The Balaban J connectivity index is 1.93. The molecule has 1 aliphatic heterocycles. The second-order valence-electron chi connectivity index (χ2n) is 11.1. The lowest BCUT2D eigenvalue weighted by Gasteiger charge is -2.60. The summed E-state index contributed by atoms with van der Waals surface area (Å²) in [5.74, 6) is -1.43. The highest BCUT2D eigenvalue weighted by Gasteiger charge is 2.64. The van der Waals surface area contributed by atoms with Crippen LogP contribution in [0.2, 0.25) is 0 Å². The SMILES string of the molecule is CC(C)(O)C1CCC2(CO)C(O)CCC(C)(O)C2C1OOC1OC(C)(CO)C(O)C(O)C1O. The first kappa shape index (κ1) is 27.2. The molecule has 33 heavy (non-hydrogen) atoms. The molecule has 0 radical (unpaired) electrons. The van der Waals surface area contributed by atoms with E-state index in [2.05, 4.69) is 0 Å². The van der Waals surface area contributed by atoms with Crippen LogP contribution in [0.1, 0.15) is 53.4 Å². The molecule has 3 rings (SSSR count). The minimum absolute atomic E-state index is 0.231. The number of aliphatic hydroxyl groups excluding tert-OH is 6. The first-order valence-corrected chi connectivity index (χ1v) is 11.5. The van der Waals surface area contributed by atoms with Crippen molar-refractivity contribution in [1.29, 1.82) is 0 Å². The van der Waals surface area contributed by atoms with E-state index < -0.39 is 84.1 Å². The van der Waals surface area contributed by atoms with Gasteiger partial charge in [-0.1, -0.05) is 0 Å². The minimum Gasteiger partial charge on any atom is -0.396 e. The molecule has 0 aromatic rings. The lowest BCUT2D eigenvalue weighted by atomic mass is 9.49. The molecule has 0 bridgehead atoms. The monoisotopic (exact) mass is 480 g/mol. The molecule has 11 unspecified atom stereocenters. The van der Waals surface area contributed by atoms with E-state index in [1.165, 1.54) is 6.92 Å². The minimum atomic E-state index is -1.72. The highest BCUT2D eigenvalue weighted by Crippen LogP contribution is 2.57. The molecular weight excluding hydrogens is 440 g/mol. The first-order valence-electron chi connectivity index (χ1n) is 11.5. The Kier molecular flexibility index (Phi) is 7.58. The average molecular weight is 481 g/mol. The van der Waals surface area contributed by atoms with Gasteiger partial charge in [0, 0.05) is 17.3 Å². The van der Waals surface area contributed by atoms with Gasteiger partial charge in [-0.05, 0) is 53.4 Å². The van der Waals surface area contributed by atoms with Gasteiger partial charge >= 0.3 is 0 Å². The van der Waals surface area contributed by atoms with Gasteiger partial charge < -0.3 is 45.6 Å². The van der Waals surface area contributed by atoms with Crippen molar-refractivity contribution in [3.63, 3.8) is 0 Å². The van der Waals surface area contributed by atoms with Gasteiger partial charge in [0.15, 0.2) is 0 Å². The Morgan fingerprint density at radius 2 is 1.58 bits per heavy atom. The lowest BCUT2D eigenvalue weighted by Crippen LogP contribution is -2.68. The zero-order valence-corrected chi connectivity index (χ0v) is 19.7. The average Bonchev–Trinajstić information content (AvgIpc) is 2.75. The Bertz CT molecular complexity index is 682. The van der Waals surface area contributed by atoms with E-state index in [9.17, 15) is 40.9 Å². The maximum absolute atomic E-state index is 11.3. The molecule has 194 valence electrons. The summed E-state index contributed by atoms with van der Waals surface area (Å²) in [5, 5.41) is 83.7. The van der Waals surface area contributed by atoms with Crippen molar-refractivity contribution >= 4 is 0 Å². The van der Waals surface area contributed by atoms with Crippen molar-refractivity contribution in [1.82, 2.24) is 0 Å². The van der Waals surface area contributed by atoms with Gasteiger partial charge in [-0.3, -0.25) is 0 Å². The van der Waals surface area contributed by atoms with E-state index in [1.54, 1.807) is 20.8 Å². The van der Waals surface area contributed by atoms with Crippen molar-refractivity contribution in [3.8, 4) is 0 Å². The van der Waals surface area contributed by atoms with Crippen LogP contribution in [0, 0.1) is 17.3 Å². The molecule has 0 amide bonds. The summed E-state index contributed by atoms with van der Waals surface area (Å²) >= 11 is 0. The van der Waals surface area contributed by atoms with Crippen LogP contribution in [0.15, 0.2) is 0 Å². The van der Waals surface area contributed by atoms with E-state index >= 15 is 0 Å². The van der Waals surface area contributed by atoms with Crippen molar-refractivity contribution in [2.24, 2.45) is 17.3 Å². The van der Waals surface area contributed by atoms with Crippen molar-refractivity contribution in [3.05, 3.63) is 0 Å². The number of rotatable bonds is 6. The molecule has 2 saturated carbocycles. The fraction of sp³-hybridized carbons (Fsp3) is 1.00. The van der Waals surface area contributed by atoms with Crippen molar-refractivity contribution in [2.75, 3.05) is 13.2 Å². The maximum atomic E-state index is 11.3. The summed E-state index contributed by atoms with van der Waals surface area (Å²) in [7, 11) is 0. The zero-order valence-electron chi connectivity index (χ0n) is 19.7. The van der Waals surface area contributed by atoms with Crippen LogP contribution in [0.5, 0.6) is 0 Å².